The lowest BCUT2D eigenvalue weighted by Crippen LogP contribution is -2.07. The van der Waals surface area contributed by atoms with Gasteiger partial charge in [-0.05, 0) is 67.9 Å². The fourth-order valence-electron chi connectivity index (χ4n) is 2.65. The highest BCUT2D eigenvalue weighted by Crippen LogP contribution is 2.34. The van der Waals surface area contributed by atoms with Crippen LogP contribution < -0.4 is 0 Å². The zero-order chi connectivity index (χ0) is 11.7. The van der Waals surface area contributed by atoms with Gasteiger partial charge in [0, 0.05) is 6.61 Å². The Morgan fingerprint density at radius 2 is 1.88 bits per heavy atom. The minimum absolute atomic E-state index is 0.271. The molecular weight excluding hydrogens is 196 g/mol. The Morgan fingerprint density at radius 1 is 1.12 bits per heavy atom. The van der Waals surface area contributed by atoms with Crippen molar-refractivity contribution in [3.05, 3.63) is 40.0 Å². The normalized spacial score (nSPS) is 15.2. The minimum Gasteiger partial charge on any atom is -0.396 e. The number of hydrogen-bond donors (Lipinski definition) is 1. The van der Waals surface area contributed by atoms with Crippen LogP contribution in [0.5, 0.6) is 0 Å². The average molecular weight is 216 g/mol. The highest BCUT2D eigenvalue weighted by molar-refractivity contribution is 5.73. The molecule has 0 aliphatic heterocycles. The average Bonchev–Trinajstić information content (AvgIpc) is 2.28. The van der Waals surface area contributed by atoms with Gasteiger partial charge in [-0.3, -0.25) is 0 Å². The molecule has 1 aromatic carbocycles. The Morgan fingerprint density at radius 3 is 2.56 bits per heavy atom. The van der Waals surface area contributed by atoms with Gasteiger partial charge in [-0.25, -0.2) is 0 Å². The van der Waals surface area contributed by atoms with Gasteiger partial charge < -0.3 is 5.11 Å². The van der Waals surface area contributed by atoms with Crippen molar-refractivity contribution >= 4 is 5.57 Å². The molecule has 1 heteroatoms. The second kappa shape index (κ2) is 4.42. The third-order valence-corrected chi connectivity index (χ3v) is 3.89. The van der Waals surface area contributed by atoms with Gasteiger partial charge in [0.05, 0.1) is 0 Å². The maximum Gasteiger partial charge on any atom is 0.0468 e. The van der Waals surface area contributed by atoms with Crippen LogP contribution in [-0.4, -0.2) is 11.7 Å². The van der Waals surface area contributed by atoms with Crippen LogP contribution in [0.15, 0.2) is 17.7 Å². The van der Waals surface area contributed by atoms with Crippen LogP contribution in [0, 0.1) is 13.8 Å². The molecule has 0 amide bonds. The number of fused-ring (bicyclic) bond motifs is 1. The van der Waals surface area contributed by atoms with E-state index in [1.165, 1.54) is 33.4 Å². The number of allylic oxidation sites excluding steroid dienone is 1. The summed E-state index contributed by atoms with van der Waals surface area (Å²) < 4.78 is 0. The highest BCUT2D eigenvalue weighted by atomic mass is 16.2. The molecule has 1 aliphatic carbocycles. The van der Waals surface area contributed by atoms with Gasteiger partial charge in [-0.15, -0.1) is 0 Å². The van der Waals surface area contributed by atoms with Crippen LogP contribution >= 0.6 is 0 Å². The molecule has 2 rings (SSSR count). The number of hydrogen-bond acceptors (Lipinski definition) is 1. The molecule has 86 valence electrons. The van der Waals surface area contributed by atoms with Crippen LogP contribution in [0.25, 0.3) is 5.57 Å². The van der Waals surface area contributed by atoms with E-state index < -0.39 is 0 Å². The van der Waals surface area contributed by atoms with E-state index in [-0.39, 0.29) is 6.61 Å². The van der Waals surface area contributed by atoms with Crippen molar-refractivity contribution in [1.29, 1.82) is 0 Å². The Kier molecular flexibility index (Phi) is 3.15. The molecule has 0 heterocycles. The van der Waals surface area contributed by atoms with Gasteiger partial charge in [-0.2, -0.15) is 0 Å². The molecule has 1 nitrogen and oxygen atoms in total. The van der Waals surface area contributed by atoms with E-state index in [0.717, 1.165) is 19.3 Å². The summed E-state index contributed by atoms with van der Waals surface area (Å²) in [6.07, 6.45) is 3.08. The molecule has 0 unspecified atom stereocenters. The summed E-state index contributed by atoms with van der Waals surface area (Å²) in [5.41, 5.74) is 8.56. The first-order valence-electron chi connectivity index (χ1n) is 6.04. The predicted octanol–water partition coefficient (Wildman–Crippen LogP) is 3.41. The zero-order valence-electron chi connectivity index (χ0n) is 10.4. The van der Waals surface area contributed by atoms with Crippen LogP contribution in [-0.2, 0) is 6.42 Å². The van der Waals surface area contributed by atoms with Gasteiger partial charge in [0.25, 0.3) is 0 Å². The third kappa shape index (κ3) is 1.80. The fourth-order valence-corrected chi connectivity index (χ4v) is 2.65. The Labute approximate surface area is 97.8 Å². The summed E-state index contributed by atoms with van der Waals surface area (Å²) in [6.45, 7) is 6.86. The molecule has 16 heavy (non-hydrogen) atoms. The Hall–Kier alpha value is -1.08. The second-order valence-corrected chi connectivity index (χ2v) is 4.74. The largest absolute Gasteiger partial charge is 0.396 e. The standard InChI is InChI=1S/C15H20O/c1-10-4-6-15-12(3)13(8-9-16)5-7-14(15)11(10)2/h4,6,16H,5,7-9H2,1-3H3. The highest BCUT2D eigenvalue weighted by Gasteiger charge is 2.17. The van der Waals surface area contributed by atoms with Crippen molar-refractivity contribution < 1.29 is 5.11 Å². The molecule has 0 bridgehead atoms. The monoisotopic (exact) mass is 216 g/mol. The van der Waals surface area contributed by atoms with Gasteiger partial charge >= 0.3 is 0 Å². The number of aryl methyl sites for hydroxylation is 1. The van der Waals surface area contributed by atoms with Crippen molar-refractivity contribution in [3.8, 4) is 0 Å². The molecule has 0 spiro atoms. The lowest BCUT2D eigenvalue weighted by atomic mass is 9.82. The maximum atomic E-state index is 9.05. The molecule has 0 atom stereocenters. The molecule has 0 radical (unpaired) electrons. The Bertz CT molecular complexity index is 441. The van der Waals surface area contributed by atoms with E-state index in [1.807, 2.05) is 0 Å². The summed E-state index contributed by atoms with van der Waals surface area (Å²) in [6, 6.07) is 4.45. The van der Waals surface area contributed by atoms with E-state index in [9.17, 15) is 0 Å². The fraction of sp³-hybridized carbons (Fsp3) is 0.467. The number of aliphatic hydroxyl groups excluding tert-OH is 1. The van der Waals surface area contributed by atoms with Crippen LogP contribution in [0.2, 0.25) is 0 Å². The van der Waals surface area contributed by atoms with E-state index >= 15 is 0 Å². The SMILES string of the molecule is CC1=C(CCO)CCc2c1ccc(C)c2C. The van der Waals surface area contributed by atoms with E-state index in [0.29, 0.717) is 0 Å². The topological polar surface area (TPSA) is 20.2 Å². The molecule has 0 saturated heterocycles. The smallest absolute Gasteiger partial charge is 0.0468 e. The van der Waals surface area contributed by atoms with E-state index in [1.54, 1.807) is 0 Å². The van der Waals surface area contributed by atoms with Crippen molar-refractivity contribution in [1.82, 2.24) is 0 Å². The third-order valence-electron chi connectivity index (χ3n) is 3.89. The van der Waals surface area contributed by atoms with E-state index in [2.05, 4.69) is 32.9 Å². The lowest BCUT2D eigenvalue weighted by molar-refractivity contribution is 0.298. The van der Waals surface area contributed by atoms with Crippen LogP contribution in [0.1, 0.15) is 42.0 Å². The molecule has 1 aromatic rings. The molecule has 1 N–H and O–H groups in total. The second-order valence-electron chi connectivity index (χ2n) is 4.74. The number of aliphatic hydroxyl groups is 1. The van der Waals surface area contributed by atoms with Gasteiger partial charge in [0.1, 0.15) is 0 Å². The Balaban J connectivity index is 2.51. The first-order chi connectivity index (χ1) is 7.65. The van der Waals surface area contributed by atoms with Gasteiger partial charge in [-0.1, -0.05) is 17.7 Å². The first kappa shape index (κ1) is 11.4. The number of rotatable bonds is 2. The number of benzene rings is 1. The summed E-state index contributed by atoms with van der Waals surface area (Å²) in [5, 5.41) is 9.05. The maximum absolute atomic E-state index is 9.05. The van der Waals surface area contributed by atoms with Crippen molar-refractivity contribution in [2.24, 2.45) is 0 Å². The van der Waals surface area contributed by atoms with Crippen molar-refractivity contribution in [2.75, 3.05) is 6.61 Å². The molecule has 0 saturated carbocycles. The molecular formula is C15H20O. The minimum atomic E-state index is 0.271. The van der Waals surface area contributed by atoms with E-state index in [4.69, 9.17) is 5.11 Å². The van der Waals surface area contributed by atoms with Gasteiger partial charge in [0.15, 0.2) is 0 Å². The molecule has 1 aliphatic rings. The van der Waals surface area contributed by atoms with Gasteiger partial charge in [0.2, 0.25) is 0 Å². The van der Waals surface area contributed by atoms with Crippen molar-refractivity contribution in [3.63, 3.8) is 0 Å². The van der Waals surface area contributed by atoms with Crippen molar-refractivity contribution in [2.45, 2.75) is 40.0 Å². The molecule has 0 aromatic heterocycles. The van der Waals surface area contributed by atoms with Crippen LogP contribution in [0.3, 0.4) is 0 Å². The summed E-state index contributed by atoms with van der Waals surface area (Å²) in [7, 11) is 0. The quantitative estimate of drug-likeness (QED) is 0.803. The summed E-state index contributed by atoms with van der Waals surface area (Å²) >= 11 is 0. The lowest BCUT2D eigenvalue weighted by Gasteiger charge is -2.23. The predicted molar refractivity (Wildman–Crippen MR) is 68.5 cm³/mol. The van der Waals surface area contributed by atoms with Crippen LogP contribution in [0.4, 0.5) is 0 Å². The summed E-state index contributed by atoms with van der Waals surface area (Å²) in [4.78, 5) is 0. The first-order valence-corrected chi connectivity index (χ1v) is 6.04. The zero-order valence-corrected chi connectivity index (χ0v) is 10.4. The summed E-state index contributed by atoms with van der Waals surface area (Å²) in [5.74, 6) is 0. The molecule has 0 fully saturated rings.